The van der Waals surface area contributed by atoms with Crippen LogP contribution in [0.2, 0.25) is 0 Å². The summed E-state index contributed by atoms with van der Waals surface area (Å²) in [5.41, 5.74) is 0. The molecule has 0 spiro atoms. The first kappa shape index (κ1) is 20.4. The van der Waals surface area contributed by atoms with Gasteiger partial charge in [0.1, 0.15) is 0 Å². The van der Waals surface area contributed by atoms with E-state index in [9.17, 15) is 9.00 Å². The maximum Gasteiger partial charge on any atom is 0.303 e. The minimum absolute atomic E-state index is 0.301. The average molecular weight is 317 g/mol. The van der Waals surface area contributed by atoms with Gasteiger partial charge in [-0.05, 0) is 32.1 Å². The van der Waals surface area contributed by atoms with Gasteiger partial charge >= 0.3 is 5.97 Å². The van der Waals surface area contributed by atoms with Gasteiger partial charge in [-0.25, -0.2) is 0 Å². The second-order valence-electron chi connectivity index (χ2n) is 5.52. The third-order valence-electron chi connectivity index (χ3n) is 3.42. The van der Waals surface area contributed by atoms with E-state index < -0.39 is 16.8 Å². The summed E-state index contributed by atoms with van der Waals surface area (Å²) in [5.74, 6) is 0.970. The predicted octanol–water partition coefficient (Wildman–Crippen LogP) is 4.69. The molecule has 0 aliphatic rings. The average Bonchev–Trinajstić information content (AvgIpc) is 2.44. The first-order chi connectivity index (χ1) is 10.2. The van der Waals surface area contributed by atoms with Crippen molar-refractivity contribution in [3.63, 3.8) is 0 Å². The summed E-state index contributed by atoms with van der Waals surface area (Å²) < 4.78 is 11.6. The number of carbonyl (C=O) groups is 1. The fourth-order valence-corrected chi connectivity index (χ4v) is 3.25. The number of aliphatic carboxylic acids is 1. The zero-order valence-corrected chi connectivity index (χ0v) is 14.3. The Balaban J connectivity index is 3.25. The third kappa shape index (κ3) is 17.3. The van der Waals surface area contributed by atoms with Gasteiger partial charge in [0.15, 0.2) is 0 Å². The molecule has 21 heavy (non-hydrogen) atoms. The number of carboxylic acid groups (broad SMARTS) is 1. The summed E-state index contributed by atoms with van der Waals surface area (Å²) in [6, 6.07) is 0. The van der Waals surface area contributed by atoms with Crippen molar-refractivity contribution in [2.24, 2.45) is 0 Å². The van der Waals surface area contributed by atoms with Crippen LogP contribution < -0.4 is 0 Å². The van der Waals surface area contributed by atoms with Crippen molar-refractivity contribution < 1.29 is 14.1 Å². The van der Waals surface area contributed by atoms with Crippen molar-refractivity contribution >= 4 is 16.8 Å². The molecule has 0 amide bonds. The molecule has 0 aliphatic carbocycles. The van der Waals surface area contributed by atoms with Crippen LogP contribution in [0, 0.1) is 0 Å². The van der Waals surface area contributed by atoms with Crippen LogP contribution in [0.25, 0.3) is 0 Å². The first-order valence-electron chi connectivity index (χ1n) is 8.38. The van der Waals surface area contributed by atoms with E-state index in [4.69, 9.17) is 5.11 Å². The van der Waals surface area contributed by atoms with Crippen LogP contribution in [0.15, 0.2) is 12.2 Å². The van der Waals surface area contributed by atoms with Gasteiger partial charge < -0.3 is 5.11 Å². The molecule has 3 nitrogen and oxygen atoms in total. The van der Waals surface area contributed by atoms with E-state index in [1.54, 1.807) is 0 Å². The maximum absolute atomic E-state index is 11.6. The molecule has 0 rings (SSSR count). The van der Waals surface area contributed by atoms with E-state index in [-0.39, 0.29) is 0 Å². The molecule has 4 heteroatoms. The van der Waals surface area contributed by atoms with E-state index in [1.165, 1.54) is 25.7 Å². The Morgan fingerprint density at radius 3 is 2.29 bits per heavy atom. The molecule has 1 atom stereocenters. The Morgan fingerprint density at radius 2 is 1.57 bits per heavy atom. The second kappa shape index (κ2) is 15.7. The molecular formula is C17H32O3S. The van der Waals surface area contributed by atoms with E-state index in [0.29, 0.717) is 6.42 Å². The lowest BCUT2D eigenvalue weighted by Gasteiger charge is -1.99. The van der Waals surface area contributed by atoms with Crippen LogP contribution in [0.4, 0.5) is 0 Å². The lowest BCUT2D eigenvalue weighted by atomic mass is 10.1. The molecular weight excluding hydrogens is 284 g/mol. The van der Waals surface area contributed by atoms with Crippen molar-refractivity contribution in [3.05, 3.63) is 12.2 Å². The standard InChI is InChI=1S/C17H32O3S/c1-2-3-12-15-21(20)16-13-10-8-6-4-5-7-9-11-14-17(18)19/h8,10H,2-7,9,11-16H2,1H3,(H,18,19)/b10-8-. The molecule has 0 fully saturated rings. The Bertz CT molecular complexity index is 300. The topological polar surface area (TPSA) is 54.4 Å². The van der Waals surface area contributed by atoms with E-state index >= 15 is 0 Å². The van der Waals surface area contributed by atoms with Gasteiger partial charge in [0, 0.05) is 28.7 Å². The Morgan fingerprint density at radius 1 is 0.905 bits per heavy atom. The smallest absolute Gasteiger partial charge is 0.303 e. The molecule has 0 aliphatic heterocycles. The SMILES string of the molecule is CCCCCS(=O)CC/C=C\CCCCCCCC(=O)O. The van der Waals surface area contributed by atoms with Crippen molar-refractivity contribution in [1.82, 2.24) is 0 Å². The molecule has 0 heterocycles. The molecule has 124 valence electrons. The molecule has 0 radical (unpaired) electrons. The largest absolute Gasteiger partial charge is 0.481 e. The molecule has 0 aromatic heterocycles. The van der Waals surface area contributed by atoms with Crippen molar-refractivity contribution in [1.29, 1.82) is 0 Å². The van der Waals surface area contributed by atoms with Crippen LogP contribution >= 0.6 is 0 Å². The highest BCUT2D eigenvalue weighted by Crippen LogP contribution is 2.08. The first-order valence-corrected chi connectivity index (χ1v) is 9.87. The van der Waals surface area contributed by atoms with Crippen molar-refractivity contribution in [2.45, 2.75) is 77.6 Å². The number of hydrogen-bond donors (Lipinski definition) is 1. The number of rotatable bonds is 15. The molecule has 0 aromatic rings. The van der Waals surface area contributed by atoms with E-state index in [0.717, 1.165) is 50.0 Å². The Labute approximate surface area is 132 Å². The lowest BCUT2D eigenvalue weighted by molar-refractivity contribution is -0.137. The third-order valence-corrected chi connectivity index (χ3v) is 4.85. The minimum atomic E-state index is -0.690. The Kier molecular flexibility index (Phi) is 15.3. The predicted molar refractivity (Wildman–Crippen MR) is 91.1 cm³/mol. The zero-order valence-electron chi connectivity index (χ0n) is 13.5. The summed E-state index contributed by atoms with van der Waals surface area (Å²) in [6.07, 6.45) is 15.4. The lowest BCUT2D eigenvalue weighted by Crippen LogP contribution is -2.01. The van der Waals surface area contributed by atoms with Gasteiger partial charge in [-0.1, -0.05) is 51.2 Å². The highest BCUT2D eigenvalue weighted by molar-refractivity contribution is 7.84. The summed E-state index contributed by atoms with van der Waals surface area (Å²) in [4.78, 5) is 10.3. The minimum Gasteiger partial charge on any atom is -0.481 e. The van der Waals surface area contributed by atoms with Crippen LogP contribution in [0.5, 0.6) is 0 Å². The normalized spacial score (nSPS) is 12.8. The highest BCUT2D eigenvalue weighted by atomic mass is 32.2. The van der Waals surface area contributed by atoms with Gasteiger partial charge in [-0.3, -0.25) is 9.00 Å². The van der Waals surface area contributed by atoms with Gasteiger partial charge in [-0.2, -0.15) is 0 Å². The summed E-state index contributed by atoms with van der Waals surface area (Å²) >= 11 is 0. The van der Waals surface area contributed by atoms with E-state index in [2.05, 4.69) is 19.1 Å². The number of unbranched alkanes of at least 4 members (excludes halogenated alkanes) is 7. The van der Waals surface area contributed by atoms with Crippen LogP contribution in [0.1, 0.15) is 77.6 Å². The number of hydrogen-bond acceptors (Lipinski definition) is 2. The summed E-state index contributed by atoms with van der Waals surface area (Å²) in [7, 11) is -0.637. The number of carboxylic acids is 1. The number of allylic oxidation sites excluding steroid dienone is 2. The highest BCUT2D eigenvalue weighted by Gasteiger charge is 1.97. The Hall–Kier alpha value is -0.640. The molecule has 0 saturated carbocycles. The monoisotopic (exact) mass is 316 g/mol. The van der Waals surface area contributed by atoms with Crippen LogP contribution in [-0.4, -0.2) is 26.8 Å². The quantitative estimate of drug-likeness (QED) is 0.352. The van der Waals surface area contributed by atoms with Gasteiger partial charge in [0.05, 0.1) is 0 Å². The molecule has 0 bridgehead atoms. The molecule has 1 unspecified atom stereocenters. The maximum atomic E-state index is 11.6. The van der Waals surface area contributed by atoms with Gasteiger partial charge in [0.25, 0.3) is 0 Å². The fourth-order valence-electron chi connectivity index (χ4n) is 2.12. The second-order valence-corrected chi connectivity index (χ2v) is 7.21. The van der Waals surface area contributed by atoms with Crippen LogP contribution in [-0.2, 0) is 15.6 Å². The van der Waals surface area contributed by atoms with Crippen molar-refractivity contribution in [3.8, 4) is 0 Å². The van der Waals surface area contributed by atoms with Gasteiger partial charge in [-0.15, -0.1) is 0 Å². The zero-order chi connectivity index (χ0) is 15.8. The molecule has 1 N–H and O–H groups in total. The van der Waals surface area contributed by atoms with Crippen LogP contribution in [0.3, 0.4) is 0 Å². The van der Waals surface area contributed by atoms with Crippen molar-refractivity contribution in [2.75, 3.05) is 11.5 Å². The fraction of sp³-hybridized carbons (Fsp3) is 0.824. The van der Waals surface area contributed by atoms with E-state index in [1.807, 2.05) is 0 Å². The molecule has 0 aromatic carbocycles. The molecule has 0 saturated heterocycles. The summed E-state index contributed by atoms with van der Waals surface area (Å²) in [5, 5.41) is 8.51. The van der Waals surface area contributed by atoms with Gasteiger partial charge in [0.2, 0.25) is 0 Å². The summed E-state index contributed by atoms with van der Waals surface area (Å²) in [6.45, 7) is 2.16.